The second kappa shape index (κ2) is 5.14. The van der Waals surface area contributed by atoms with E-state index in [9.17, 15) is 0 Å². The Hall–Kier alpha value is -0.940. The van der Waals surface area contributed by atoms with Crippen molar-refractivity contribution in [2.24, 2.45) is 5.73 Å². The van der Waals surface area contributed by atoms with Gasteiger partial charge in [0.1, 0.15) is 5.60 Å². The summed E-state index contributed by atoms with van der Waals surface area (Å²) in [5, 5.41) is 4.00. The molecule has 1 atom stereocenters. The Labute approximate surface area is 103 Å². The minimum atomic E-state index is -0.477. The first-order chi connectivity index (χ1) is 7.80. The molecule has 0 saturated carbocycles. The molecule has 5 nitrogen and oxygen atoms in total. The molecule has 0 aliphatic heterocycles. The van der Waals surface area contributed by atoms with Crippen LogP contribution in [0.4, 0.5) is 0 Å². The highest BCUT2D eigenvalue weighted by atomic mass is 16.5. The minimum Gasteiger partial charge on any atom is -0.367 e. The number of rotatable bonds is 6. The lowest BCUT2D eigenvalue weighted by atomic mass is 10.0. The molecular weight excluding hydrogens is 218 g/mol. The van der Waals surface area contributed by atoms with Gasteiger partial charge < -0.3 is 15.0 Å². The molecule has 1 heterocycles. The Morgan fingerprint density at radius 2 is 1.94 bits per heavy atom. The molecular formula is C12H23N3O2. The van der Waals surface area contributed by atoms with Crippen molar-refractivity contribution in [1.29, 1.82) is 0 Å². The SMILES string of the molecule is CCOC(C)(CC)c1noc(CC(C)(C)N)n1. The molecule has 0 aliphatic rings. The first-order valence-electron chi connectivity index (χ1n) is 6.06. The van der Waals surface area contributed by atoms with Crippen LogP contribution in [0.2, 0.25) is 0 Å². The Morgan fingerprint density at radius 3 is 2.41 bits per heavy atom. The Morgan fingerprint density at radius 1 is 1.29 bits per heavy atom. The molecule has 0 amide bonds. The van der Waals surface area contributed by atoms with E-state index in [1.54, 1.807) is 0 Å². The number of aromatic nitrogens is 2. The second-order valence-corrected chi connectivity index (χ2v) is 5.19. The Balaban J connectivity index is 2.86. The standard InChI is InChI=1S/C12H23N3O2/c1-6-12(5,16-7-2)10-14-9(17-15-10)8-11(3,4)13/h6-8,13H2,1-5H3. The molecule has 1 aromatic heterocycles. The third kappa shape index (κ3) is 3.78. The van der Waals surface area contributed by atoms with Gasteiger partial charge in [-0.1, -0.05) is 12.1 Å². The van der Waals surface area contributed by atoms with Crippen LogP contribution in [0.15, 0.2) is 4.52 Å². The van der Waals surface area contributed by atoms with Gasteiger partial charge in [-0.25, -0.2) is 0 Å². The van der Waals surface area contributed by atoms with E-state index >= 15 is 0 Å². The molecule has 0 saturated heterocycles. The van der Waals surface area contributed by atoms with E-state index in [1.165, 1.54) is 0 Å². The van der Waals surface area contributed by atoms with Gasteiger partial charge in [0.05, 0.1) is 0 Å². The van der Waals surface area contributed by atoms with Gasteiger partial charge in [0.15, 0.2) is 0 Å². The van der Waals surface area contributed by atoms with Gasteiger partial charge in [0, 0.05) is 18.6 Å². The van der Waals surface area contributed by atoms with Gasteiger partial charge >= 0.3 is 0 Å². The lowest BCUT2D eigenvalue weighted by Gasteiger charge is -2.23. The summed E-state index contributed by atoms with van der Waals surface area (Å²) < 4.78 is 10.9. The summed E-state index contributed by atoms with van der Waals surface area (Å²) in [6.07, 6.45) is 1.36. The smallest absolute Gasteiger partial charge is 0.228 e. The quantitative estimate of drug-likeness (QED) is 0.824. The van der Waals surface area contributed by atoms with E-state index in [4.69, 9.17) is 15.0 Å². The van der Waals surface area contributed by atoms with Gasteiger partial charge in [-0.15, -0.1) is 0 Å². The predicted octanol–water partition coefficient (Wildman–Crippen LogP) is 2.01. The van der Waals surface area contributed by atoms with Gasteiger partial charge in [-0.3, -0.25) is 0 Å². The minimum absolute atomic E-state index is 0.349. The summed E-state index contributed by atoms with van der Waals surface area (Å²) in [5.41, 5.74) is 5.09. The van der Waals surface area contributed by atoms with Crippen LogP contribution in [-0.2, 0) is 16.8 Å². The zero-order chi connectivity index (χ0) is 13.1. The monoisotopic (exact) mass is 241 g/mol. The summed E-state index contributed by atoms with van der Waals surface area (Å²) in [4.78, 5) is 4.37. The van der Waals surface area contributed by atoms with E-state index in [0.29, 0.717) is 24.7 Å². The first-order valence-corrected chi connectivity index (χ1v) is 6.06. The van der Waals surface area contributed by atoms with E-state index in [1.807, 2.05) is 34.6 Å². The Bertz CT molecular complexity index is 357. The van der Waals surface area contributed by atoms with E-state index in [0.717, 1.165) is 6.42 Å². The van der Waals surface area contributed by atoms with Crippen molar-refractivity contribution < 1.29 is 9.26 Å². The van der Waals surface area contributed by atoms with Gasteiger partial charge in [0.25, 0.3) is 0 Å². The highest BCUT2D eigenvalue weighted by Crippen LogP contribution is 2.26. The Kier molecular flexibility index (Phi) is 4.27. The molecule has 0 bridgehead atoms. The summed E-state index contributed by atoms with van der Waals surface area (Å²) in [6.45, 7) is 10.4. The lowest BCUT2D eigenvalue weighted by Crippen LogP contribution is -2.34. The predicted molar refractivity (Wildman–Crippen MR) is 65.5 cm³/mol. The topological polar surface area (TPSA) is 74.2 Å². The fourth-order valence-electron chi connectivity index (χ4n) is 1.57. The van der Waals surface area contributed by atoms with Crippen molar-refractivity contribution in [1.82, 2.24) is 10.1 Å². The van der Waals surface area contributed by atoms with Crippen molar-refractivity contribution in [3.8, 4) is 0 Å². The average molecular weight is 241 g/mol. The molecule has 1 rings (SSSR count). The zero-order valence-corrected chi connectivity index (χ0v) is 11.4. The molecule has 5 heteroatoms. The fraction of sp³-hybridized carbons (Fsp3) is 0.833. The van der Waals surface area contributed by atoms with Crippen molar-refractivity contribution in [3.63, 3.8) is 0 Å². The van der Waals surface area contributed by atoms with E-state index in [-0.39, 0.29) is 5.54 Å². The summed E-state index contributed by atoms with van der Waals surface area (Å²) >= 11 is 0. The molecule has 1 aromatic rings. The molecule has 0 aromatic carbocycles. The molecule has 2 N–H and O–H groups in total. The number of ether oxygens (including phenoxy) is 1. The molecule has 98 valence electrons. The fourth-order valence-corrected chi connectivity index (χ4v) is 1.57. The number of nitrogens with two attached hydrogens (primary N) is 1. The van der Waals surface area contributed by atoms with Crippen molar-refractivity contribution >= 4 is 0 Å². The van der Waals surface area contributed by atoms with Crippen LogP contribution in [0.1, 0.15) is 52.8 Å². The molecule has 0 radical (unpaired) electrons. The number of hydrogen-bond acceptors (Lipinski definition) is 5. The third-order valence-corrected chi connectivity index (χ3v) is 2.69. The van der Waals surface area contributed by atoms with Crippen LogP contribution in [0.25, 0.3) is 0 Å². The second-order valence-electron chi connectivity index (χ2n) is 5.19. The van der Waals surface area contributed by atoms with Crippen molar-refractivity contribution in [2.45, 2.75) is 58.6 Å². The maximum absolute atomic E-state index is 5.92. The highest BCUT2D eigenvalue weighted by Gasteiger charge is 2.31. The molecule has 17 heavy (non-hydrogen) atoms. The molecule has 0 aliphatic carbocycles. The maximum atomic E-state index is 5.92. The zero-order valence-electron chi connectivity index (χ0n) is 11.4. The largest absolute Gasteiger partial charge is 0.367 e. The van der Waals surface area contributed by atoms with Gasteiger partial charge in [-0.05, 0) is 34.1 Å². The van der Waals surface area contributed by atoms with E-state index < -0.39 is 5.60 Å². The third-order valence-electron chi connectivity index (χ3n) is 2.69. The summed E-state index contributed by atoms with van der Waals surface area (Å²) in [6, 6.07) is 0. The van der Waals surface area contributed by atoms with Crippen molar-refractivity contribution in [3.05, 3.63) is 11.7 Å². The van der Waals surface area contributed by atoms with Gasteiger partial charge in [-0.2, -0.15) is 4.98 Å². The van der Waals surface area contributed by atoms with E-state index in [2.05, 4.69) is 10.1 Å². The number of nitrogens with zero attached hydrogens (tertiary/aromatic N) is 2. The summed E-state index contributed by atoms with van der Waals surface area (Å²) in [7, 11) is 0. The van der Waals surface area contributed by atoms with Crippen molar-refractivity contribution in [2.75, 3.05) is 6.61 Å². The number of hydrogen-bond donors (Lipinski definition) is 1. The van der Waals surface area contributed by atoms with Crippen LogP contribution in [-0.4, -0.2) is 22.3 Å². The molecule has 0 fully saturated rings. The van der Waals surface area contributed by atoms with Crippen LogP contribution in [0, 0.1) is 0 Å². The van der Waals surface area contributed by atoms with Crippen LogP contribution < -0.4 is 5.73 Å². The van der Waals surface area contributed by atoms with Crippen LogP contribution in [0.3, 0.4) is 0 Å². The first kappa shape index (κ1) is 14.1. The molecule has 1 unspecified atom stereocenters. The molecule has 0 spiro atoms. The van der Waals surface area contributed by atoms with Crippen LogP contribution in [0.5, 0.6) is 0 Å². The van der Waals surface area contributed by atoms with Crippen LogP contribution >= 0.6 is 0 Å². The normalized spacial score (nSPS) is 15.9. The maximum Gasteiger partial charge on any atom is 0.228 e. The lowest BCUT2D eigenvalue weighted by molar-refractivity contribution is -0.0403. The summed E-state index contributed by atoms with van der Waals surface area (Å²) in [5.74, 6) is 1.16. The average Bonchev–Trinajstić information content (AvgIpc) is 2.64. The van der Waals surface area contributed by atoms with Gasteiger partial charge in [0.2, 0.25) is 11.7 Å². The highest BCUT2D eigenvalue weighted by molar-refractivity contribution is 5.00.